The highest BCUT2D eigenvalue weighted by molar-refractivity contribution is 5.72. The molecule has 0 atom stereocenters. The van der Waals surface area contributed by atoms with Crippen LogP contribution in [0.2, 0.25) is 0 Å². The van der Waals surface area contributed by atoms with Crippen LogP contribution in [0.5, 0.6) is 0 Å². The molecule has 0 aliphatic heterocycles. The van der Waals surface area contributed by atoms with Crippen molar-refractivity contribution < 1.29 is 9.90 Å². The molecule has 0 radical (unpaired) electrons. The molecule has 0 bridgehead atoms. The molecule has 2 aromatic rings. The molecular weight excluding hydrogens is 320 g/mol. The second-order valence-electron chi connectivity index (χ2n) is 7.15. The van der Waals surface area contributed by atoms with Crippen molar-refractivity contribution in [2.45, 2.75) is 71.1 Å². The van der Waals surface area contributed by atoms with E-state index >= 15 is 0 Å². The lowest BCUT2D eigenvalue weighted by Gasteiger charge is -2.12. The first-order chi connectivity index (χ1) is 12.7. The minimum Gasteiger partial charge on any atom is -0.481 e. The molecular formula is C24H32O2. The Hall–Kier alpha value is -2.09. The van der Waals surface area contributed by atoms with Gasteiger partial charge >= 0.3 is 5.97 Å². The van der Waals surface area contributed by atoms with Crippen LogP contribution in [0.15, 0.2) is 48.5 Å². The number of carbonyl (C=O) groups is 1. The summed E-state index contributed by atoms with van der Waals surface area (Å²) in [6, 6.07) is 16.5. The van der Waals surface area contributed by atoms with Gasteiger partial charge in [-0.3, -0.25) is 4.79 Å². The minimum absolute atomic E-state index is 0.0967. The fourth-order valence-corrected chi connectivity index (χ4v) is 3.49. The predicted molar refractivity (Wildman–Crippen MR) is 110 cm³/mol. The fourth-order valence-electron chi connectivity index (χ4n) is 3.49. The Morgan fingerprint density at radius 2 is 1.50 bits per heavy atom. The van der Waals surface area contributed by atoms with E-state index in [9.17, 15) is 4.79 Å². The molecule has 0 fully saturated rings. The molecule has 0 amide bonds. The summed E-state index contributed by atoms with van der Waals surface area (Å²) in [6.45, 7) is 2.25. The van der Waals surface area contributed by atoms with Crippen molar-refractivity contribution in [3.63, 3.8) is 0 Å². The zero-order chi connectivity index (χ0) is 18.6. The maximum atomic E-state index is 11.0. The number of unbranched alkanes of at least 4 members (excludes halogenated alkanes) is 7. The smallest absolute Gasteiger partial charge is 0.307 e. The third-order valence-corrected chi connectivity index (χ3v) is 4.91. The van der Waals surface area contributed by atoms with Crippen LogP contribution >= 0.6 is 0 Å². The van der Waals surface area contributed by atoms with E-state index in [1.165, 1.54) is 68.1 Å². The summed E-state index contributed by atoms with van der Waals surface area (Å²) >= 11 is 0. The highest BCUT2D eigenvalue weighted by Gasteiger charge is 2.08. The number of hydrogen-bond acceptors (Lipinski definition) is 1. The van der Waals surface area contributed by atoms with Gasteiger partial charge < -0.3 is 5.11 Å². The molecule has 2 heteroatoms. The van der Waals surface area contributed by atoms with Gasteiger partial charge in [0.05, 0.1) is 6.42 Å². The number of carboxylic acid groups (broad SMARTS) is 1. The number of aliphatic carboxylic acids is 1. The Bertz CT molecular complexity index is 661. The molecule has 0 heterocycles. The van der Waals surface area contributed by atoms with Gasteiger partial charge in [-0.25, -0.2) is 0 Å². The zero-order valence-corrected chi connectivity index (χ0v) is 16.0. The Balaban J connectivity index is 1.96. The molecule has 2 aromatic carbocycles. The van der Waals surface area contributed by atoms with Gasteiger partial charge in [0.25, 0.3) is 0 Å². The SMILES string of the molecule is CCCCCCCCCCc1cc(CC(=O)O)ccc1-c1ccccc1. The minimum atomic E-state index is -0.768. The van der Waals surface area contributed by atoms with Crippen LogP contribution in [0.1, 0.15) is 69.4 Å². The van der Waals surface area contributed by atoms with E-state index in [4.69, 9.17) is 5.11 Å². The Kier molecular flexibility index (Phi) is 8.95. The molecule has 2 nitrogen and oxygen atoms in total. The molecule has 140 valence electrons. The van der Waals surface area contributed by atoms with Crippen LogP contribution < -0.4 is 0 Å². The quantitative estimate of drug-likeness (QED) is 0.433. The van der Waals surface area contributed by atoms with E-state index in [1.807, 2.05) is 12.1 Å². The summed E-state index contributed by atoms with van der Waals surface area (Å²) in [5, 5.41) is 9.08. The van der Waals surface area contributed by atoms with Gasteiger partial charge in [0.15, 0.2) is 0 Å². The summed E-state index contributed by atoms with van der Waals surface area (Å²) in [5.74, 6) is -0.768. The normalized spacial score (nSPS) is 10.8. The lowest BCUT2D eigenvalue weighted by Crippen LogP contribution is -2.01. The van der Waals surface area contributed by atoms with Gasteiger partial charge in [-0.1, -0.05) is 100 Å². The lowest BCUT2D eigenvalue weighted by atomic mass is 9.93. The third kappa shape index (κ3) is 7.03. The predicted octanol–water partition coefficient (Wildman–Crippen LogP) is 6.66. The molecule has 0 unspecified atom stereocenters. The first-order valence-electron chi connectivity index (χ1n) is 10.1. The lowest BCUT2D eigenvalue weighted by molar-refractivity contribution is -0.136. The topological polar surface area (TPSA) is 37.3 Å². The van der Waals surface area contributed by atoms with Gasteiger partial charge in [-0.15, -0.1) is 0 Å². The van der Waals surface area contributed by atoms with Crippen LogP contribution in [0.4, 0.5) is 0 Å². The second-order valence-corrected chi connectivity index (χ2v) is 7.15. The van der Waals surface area contributed by atoms with Crippen LogP contribution in [-0.4, -0.2) is 11.1 Å². The summed E-state index contributed by atoms with van der Waals surface area (Å²) in [6.07, 6.45) is 11.6. The average Bonchev–Trinajstić information content (AvgIpc) is 2.64. The maximum absolute atomic E-state index is 11.0. The molecule has 0 saturated carbocycles. The largest absolute Gasteiger partial charge is 0.481 e. The third-order valence-electron chi connectivity index (χ3n) is 4.91. The first kappa shape index (κ1) is 20.2. The highest BCUT2D eigenvalue weighted by Crippen LogP contribution is 2.26. The van der Waals surface area contributed by atoms with Gasteiger partial charge in [0, 0.05) is 0 Å². The molecule has 2 rings (SSSR count). The first-order valence-corrected chi connectivity index (χ1v) is 10.1. The van der Waals surface area contributed by atoms with Crippen molar-refractivity contribution in [1.82, 2.24) is 0 Å². The summed E-state index contributed by atoms with van der Waals surface area (Å²) in [4.78, 5) is 11.0. The van der Waals surface area contributed by atoms with Crippen molar-refractivity contribution in [1.29, 1.82) is 0 Å². The highest BCUT2D eigenvalue weighted by atomic mass is 16.4. The van der Waals surface area contributed by atoms with Crippen LogP contribution in [0.25, 0.3) is 11.1 Å². The Morgan fingerprint density at radius 1 is 0.846 bits per heavy atom. The molecule has 0 spiro atoms. The van der Waals surface area contributed by atoms with E-state index in [1.54, 1.807) is 0 Å². The maximum Gasteiger partial charge on any atom is 0.307 e. The fraction of sp³-hybridized carbons (Fsp3) is 0.458. The van der Waals surface area contributed by atoms with E-state index in [0.717, 1.165) is 12.0 Å². The van der Waals surface area contributed by atoms with Crippen molar-refractivity contribution in [3.8, 4) is 11.1 Å². The van der Waals surface area contributed by atoms with Crippen LogP contribution in [0, 0.1) is 0 Å². The Morgan fingerprint density at radius 3 is 2.15 bits per heavy atom. The van der Waals surface area contributed by atoms with Gasteiger partial charge in [0.2, 0.25) is 0 Å². The molecule has 0 aromatic heterocycles. The van der Waals surface area contributed by atoms with Crippen LogP contribution in [0.3, 0.4) is 0 Å². The van der Waals surface area contributed by atoms with Crippen molar-refractivity contribution in [3.05, 3.63) is 59.7 Å². The van der Waals surface area contributed by atoms with Crippen molar-refractivity contribution in [2.75, 3.05) is 0 Å². The average molecular weight is 353 g/mol. The van der Waals surface area contributed by atoms with E-state index in [-0.39, 0.29) is 6.42 Å². The van der Waals surface area contributed by atoms with Crippen molar-refractivity contribution >= 4 is 5.97 Å². The van der Waals surface area contributed by atoms with E-state index in [0.29, 0.717) is 0 Å². The second kappa shape index (κ2) is 11.5. The monoisotopic (exact) mass is 352 g/mol. The molecule has 0 saturated heterocycles. The molecule has 26 heavy (non-hydrogen) atoms. The van der Waals surface area contributed by atoms with Gasteiger partial charge in [0.1, 0.15) is 0 Å². The molecule has 1 N–H and O–H groups in total. The Labute approximate surface area is 158 Å². The number of hydrogen-bond donors (Lipinski definition) is 1. The zero-order valence-electron chi connectivity index (χ0n) is 16.0. The number of aryl methyl sites for hydroxylation is 1. The molecule has 0 aliphatic carbocycles. The van der Waals surface area contributed by atoms with Gasteiger partial charge in [-0.05, 0) is 35.1 Å². The summed E-state index contributed by atoms with van der Waals surface area (Å²) in [7, 11) is 0. The number of rotatable bonds is 12. The summed E-state index contributed by atoms with van der Waals surface area (Å²) < 4.78 is 0. The number of benzene rings is 2. The number of carboxylic acids is 1. The molecule has 0 aliphatic rings. The summed E-state index contributed by atoms with van der Waals surface area (Å²) in [5.41, 5.74) is 4.62. The van der Waals surface area contributed by atoms with Crippen molar-refractivity contribution in [2.24, 2.45) is 0 Å². The standard InChI is InChI=1S/C24H32O2/c1-2-3-4-5-6-7-8-10-15-22-18-20(19-24(25)26)16-17-23(22)21-13-11-9-12-14-21/h9,11-14,16-18H,2-8,10,15,19H2,1H3,(H,25,26). The van der Waals surface area contributed by atoms with Gasteiger partial charge in [-0.2, -0.15) is 0 Å². The van der Waals surface area contributed by atoms with Crippen LogP contribution in [-0.2, 0) is 17.6 Å². The van der Waals surface area contributed by atoms with E-state index in [2.05, 4.69) is 43.3 Å². The van der Waals surface area contributed by atoms with E-state index < -0.39 is 5.97 Å².